The SMILES string of the molecule is CCCN(Cc1ccccc1)c1cc(C)c(N)cn1. The highest BCUT2D eigenvalue weighted by Crippen LogP contribution is 2.19. The molecule has 0 saturated carbocycles. The smallest absolute Gasteiger partial charge is 0.129 e. The minimum Gasteiger partial charge on any atom is -0.397 e. The minimum atomic E-state index is 0.750. The first-order valence-corrected chi connectivity index (χ1v) is 6.71. The zero-order valence-electron chi connectivity index (χ0n) is 11.6. The van der Waals surface area contributed by atoms with Crippen LogP contribution in [0.5, 0.6) is 0 Å². The number of anilines is 2. The molecule has 2 rings (SSSR count). The van der Waals surface area contributed by atoms with Gasteiger partial charge in [0, 0.05) is 13.1 Å². The Bertz CT molecular complexity index is 523. The zero-order valence-corrected chi connectivity index (χ0v) is 11.6. The minimum absolute atomic E-state index is 0.750. The molecule has 0 atom stereocenters. The van der Waals surface area contributed by atoms with Crippen LogP contribution in [0.4, 0.5) is 11.5 Å². The molecule has 1 aromatic heterocycles. The number of aryl methyl sites for hydroxylation is 1. The summed E-state index contributed by atoms with van der Waals surface area (Å²) in [6.07, 6.45) is 2.84. The number of nitrogen functional groups attached to an aromatic ring is 1. The van der Waals surface area contributed by atoms with Crippen LogP contribution in [0.1, 0.15) is 24.5 Å². The second kappa shape index (κ2) is 6.23. The van der Waals surface area contributed by atoms with Gasteiger partial charge in [0.2, 0.25) is 0 Å². The molecule has 0 unspecified atom stereocenters. The molecule has 2 aromatic rings. The molecule has 3 heteroatoms. The molecule has 0 fully saturated rings. The summed E-state index contributed by atoms with van der Waals surface area (Å²) >= 11 is 0. The summed E-state index contributed by atoms with van der Waals surface area (Å²) in [6.45, 7) is 6.07. The molecule has 2 N–H and O–H groups in total. The molecule has 0 aliphatic carbocycles. The summed E-state index contributed by atoms with van der Waals surface area (Å²) < 4.78 is 0. The summed E-state index contributed by atoms with van der Waals surface area (Å²) in [5, 5.41) is 0. The Morgan fingerprint density at radius 3 is 2.58 bits per heavy atom. The van der Waals surface area contributed by atoms with Gasteiger partial charge in [-0.2, -0.15) is 0 Å². The van der Waals surface area contributed by atoms with E-state index in [0.29, 0.717) is 0 Å². The van der Waals surface area contributed by atoms with Crippen molar-refractivity contribution >= 4 is 11.5 Å². The third-order valence-corrected chi connectivity index (χ3v) is 3.17. The molecule has 1 aromatic carbocycles. The highest BCUT2D eigenvalue weighted by atomic mass is 15.2. The highest BCUT2D eigenvalue weighted by molar-refractivity contribution is 5.52. The molecule has 0 bridgehead atoms. The van der Waals surface area contributed by atoms with Crippen LogP contribution in [-0.4, -0.2) is 11.5 Å². The van der Waals surface area contributed by atoms with E-state index in [9.17, 15) is 0 Å². The van der Waals surface area contributed by atoms with E-state index in [-0.39, 0.29) is 0 Å². The molecule has 0 spiro atoms. The van der Waals surface area contributed by atoms with Crippen molar-refractivity contribution in [3.63, 3.8) is 0 Å². The number of hydrogen-bond acceptors (Lipinski definition) is 3. The van der Waals surface area contributed by atoms with Gasteiger partial charge in [0.05, 0.1) is 11.9 Å². The Kier molecular flexibility index (Phi) is 4.39. The molecule has 0 aliphatic heterocycles. The van der Waals surface area contributed by atoms with Crippen LogP contribution in [0, 0.1) is 6.92 Å². The van der Waals surface area contributed by atoms with Crippen molar-refractivity contribution in [1.82, 2.24) is 4.98 Å². The number of nitrogens with two attached hydrogens (primary N) is 1. The first-order chi connectivity index (χ1) is 9.20. The lowest BCUT2D eigenvalue weighted by Crippen LogP contribution is -2.24. The number of pyridine rings is 1. The van der Waals surface area contributed by atoms with Crippen molar-refractivity contribution < 1.29 is 0 Å². The maximum atomic E-state index is 5.83. The molecule has 0 radical (unpaired) electrons. The monoisotopic (exact) mass is 255 g/mol. The number of nitrogens with zero attached hydrogens (tertiary/aromatic N) is 2. The molecule has 0 saturated heterocycles. The van der Waals surface area contributed by atoms with Gasteiger partial charge in [-0.05, 0) is 30.5 Å². The molecular formula is C16H21N3. The number of hydrogen-bond donors (Lipinski definition) is 1. The van der Waals surface area contributed by atoms with E-state index in [4.69, 9.17) is 5.73 Å². The van der Waals surface area contributed by atoms with Crippen LogP contribution < -0.4 is 10.6 Å². The summed E-state index contributed by atoms with van der Waals surface area (Å²) in [4.78, 5) is 6.75. The van der Waals surface area contributed by atoms with Gasteiger partial charge in [0.25, 0.3) is 0 Å². The van der Waals surface area contributed by atoms with Crippen LogP contribution >= 0.6 is 0 Å². The van der Waals surface area contributed by atoms with Gasteiger partial charge in [0.1, 0.15) is 5.82 Å². The average molecular weight is 255 g/mol. The van der Waals surface area contributed by atoms with E-state index in [1.807, 2.05) is 13.0 Å². The fraction of sp³-hybridized carbons (Fsp3) is 0.312. The van der Waals surface area contributed by atoms with Gasteiger partial charge in [-0.1, -0.05) is 37.3 Å². The maximum Gasteiger partial charge on any atom is 0.129 e. The fourth-order valence-electron chi connectivity index (χ4n) is 2.07. The summed E-state index contributed by atoms with van der Waals surface area (Å²) in [6, 6.07) is 12.5. The highest BCUT2D eigenvalue weighted by Gasteiger charge is 2.09. The van der Waals surface area contributed by atoms with Crippen molar-refractivity contribution in [3.05, 3.63) is 53.7 Å². The third kappa shape index (κ3) is 3.47. The second-order valence-corrected chi connectivity index (χ2v) is 4.81. The van der Waals surface area contributed by atoms with Crippen LogP contribution in [0.2, 0.25) is 0 Å². The molecule has 0 amide bonds. The van der Waals surface area contributed by atoms with Crippen molar-refractivity contribution in [3.8, 4) is 0 Å². The number of aromatic nitrogens is 1. The van der Waals surface area contributed by atoms with Crippen molar-refractivity contribution in [2.75, 3.05) is 17.2 Å². The van der Waals surface area contributed by atoms with Gasteiger partial charge < -0.3 is 10.6 Å². The Balaban J connectivity index is 2.21. The van der Waals surface area contributed by atoms with E-state index in [1.165, 1.54) is 5.56 Å². The second-order valence-electron chi connectivity index (χ2n) is 4.81. The normalized spacial score (nSPS) is 10.4. The molecule has 0 aliphatic rings. The van der Waals surface area contributed by atoms with Gasteiger partial charge in [0.15, 0.2) is 0 Å². The molecule has 100 valence electrons. The Labute approximate surface area is 115 Å². The Morgan fingerprint density at radius 2 is 1.95 bits per heavy atom. The first-order valence-electron chi connectivity index (χ1n) is 6.71. The summed E-state index contributed by atoms with van der Waals surface area (Å²) in [5.41, 5.74) is 8.97. The van der Waals surface area contributed by atoms with E-state index in [2.05, 4.69) is 47.1 Å². The topological polar surface area (TPSA) is 42.1 Å². The van der Waals surface area contributed by atoms with Gasteiger partial charge in [-0.3, -0.25) is 0 Å². The predicted molar refractivity (Wildman–Crippen MR) is 81.2 cm³/mol. The van der Waals surface area contributed by atoms with Gasteiger partial charge in [-0.25, -0.2) is 4.98 Å². The number of rotatable bonds is 5. The van der Waals surface area contributed by atoms with Gasteiger partial charge in [-0.15, -0.1) is 0 Å². The lowest BCUT2D eigenvalue weighted by molar-refractivity contribution is 0.754. The van der Waals surface area contributed by atoms with Crippen LogP contribution in [0.3, 0.4) is 0 Å². The van der Waals surface area contributed by atoms with Crippen LogP contribution in [0.25, 0.3) is 0 Å². The van der Waals surface area contributed by atoms with Crippen LogP contribution in [0.15, 0.2) is 42.6 Å². The van der Waals surface area contributed by atoms with Gasteiger partial charge >= 0.3 is 0 Å². The predicted octanol–water partition coefficient (Wildman–Crippen LogP) is 3.39. The van der Waals surface area contributed by atoms with Crippen molar-refractivity contribution in [2.45, 2.75) is 26.8 Å². The van der Waals surface area contributed by atoms with Crippen LogP contribution in [-0.2, 0) is 6.54 Å². The lowest BCUT2D eigenvalue weighted by Gasteiger charge is -2.24. The Morgan fingerprint density at radius 1 is 1.21 bits per heavy atom. The molecule has 3 nitrogen and oxygen atoms in total. The fourth-order valence-corrected chi connectivity index (χ4v) is 2.07. The van der Waals surface area contributed by atoms with Crippen molar-refractivity contribution in [1.29, 1.82) is 0 Å². The van der Waals surface area contributed by atoms with Crippen molar-refractivity contribution in [2.24, 2.45) is 0 Å². The van der Waals surface area contributed by atoms with E-state index < -0.39 is 0 Å². The summed E-state index contributed by atoms with van der Waals surface area (Å²) in [7, 11) is 0. The quantitative estimate of drug-likeness (QED) is 0.890. The Hall–Kier alpha value is -2.03. The first kappa shape index (κ1) is 13.4. The standard InChI is InChI=1S/C16H21N3/c1-3-9-19(12-14-7-5-4-6-8-14)16-10-13(2)15(17)11-18-16/h4-8,10-11H,3,9,12,17H2,1-2H3. The number of benzene rings is 1. The van der Waals surface area contributed by atoms with E-state index in [0.717, 1.165) is 36.6 Å². The zero-order chi connectivity index (χ0) is 13.7. The molecular weight excluding hydrogens is 234 g/mol. The average Bonchev–Trinajstić information content (AvgIpc) is 2.43. The van der Waals surface area contributed by atoms with E-state index in [1.54, 1.807) is 6.20 Å². The summed E-state index contributed by atoms with van der Waals surface area (Å²) in [5.74, 6) is 0.998. The maximum absolute atomic E-state index is 5.83. The third-order valence-electron chi connectivity index (χ3n) is 3.17. The largest absolute Gasteiger partial charge is 0.397 e. The van der Waals surface area contributed by atoms with E-state index >= 15 is 0 Å². The molecule has 1 heterocycles. The lowest BCUT2D eigenvalue weighted by atomic mass is 10.2. The molecule has 19 heavy (non-hydrogen) atoms.